The smallest absolute Gasteiger partial charge is 0.0391 e. The molecule has 2 heteroatoms. The SMILES string of the molecule is C=c1[nH]/c(=C\CC)cc1-c1ccpcc1. The van der Waals surface area contributed by atoms with Crippen LogP contribution in [0.15, 0.2) is 29.8 Å². The van der Waals surface area contributed by atoms with E-state index in [-0.39, 0.29) is 0 Å². The first-order valence-corrected chi connectivity index (χ1v) is 6.13. The number of nitrogens with one attached hydrogen (secondary N) is 1. The van der Waals surface area contributed by atoms with Gasteiger partial charge in [-0.15, -0.1) is 0 Å². The molecule has 0 saturated heterocycles. The van der Waals surface area contributed by atoms with Gasteiger partial charge in [-0.05, 0) is 41.8 Å². The first kappa shape index (κ1) is 10.2. The largest absolute Gasteiger partial charge is 0.356 e. The summed E-state index contributed by atoms with van der Waals surface area (Å²) in [6, 6.07) is 6.46. The zero-order valence-electron chi connectivity index (χ0n) is 8.83. The van der Waals surface area contributed by atoms with E-state index in [4.69, 9.17) is 0 Å². The van der Waals surface area contributed by atoms with Crippen LogP contribution in [-0.4, -0.2) is 4.98 Å². The van der Waals surface area contributed by atoms with Crippen molar-refractivity contribution in [1.82, 2.24) is 4.98 Å². The molecule has 0 unspecified atom stereocenters. The van der Waals surface area contributed by atoms with Crippen LogP contribution in [0.25, 0.3) is 23.8 Å². The highest BCUT2D eigenvalue weighted by atomic mass is 31.0. The molecule has 0 aromatic carbocycles. The van der Waals surface area contributed by atoms with Crippen molar-refractivity contribution in [3.8, 4) is 11.1 Å². The molecule has 2 aromatic heterocycles. The average Bonchev–Trinajstić information content (AvgIpc) is 2.61. The lowest BCUT2D eigenvalue weighted by Crippen LogP contribution is -2.07. The van der Waals surface area contributed by atoms with Crippen LogP contribution < -0.4 is 10.7 Å². The fourth-order valence-corrected chi connectivity index (χ4v) is 2.23. The molecule has 1 nitrogen and oxygen atoms in total. The number of hydrogen-bond acceptors (Lipinski definition) is 0. The van der Waals surface area contributed by atoms with Crippen molar-refractivity contribution in [2.75, 3.05) is 0 Å². The second kappa shape index (κ2) is 4.46. The number of aromatic amines is 1. The van der Waals surface area contributed by atoms with E-state index in [0.29, 0.717) is 0 Å². The lowest BCUT2D eigenvalue weighted by molar-refractivity contribution is 1.22. The molecule has 0 aliphatic carbocycles. The molecule has 0 radical (unpaired) electrons. The molecule has 0 saturated carbocycles. The van der Waals surface area contributed by atoms with E-state index in [2.05, 4.69) is 54.4 Å². The molecule has 2 rings (SSSR count). The molecule has 2 heterocycles. The van der Waals surface area contributed by atoms with Gasteiger partial charge in [-0.2, -0.15) is 0 Å². The van der Waals surface area contributed by atoms with Crippen molar-refractivity contribution in [3.05, 3.63) is 40.5 Å². The Morgan fingerprint density at radius 2 is 2.13 bits per heavy atom. The zero-order chi connectivity index (χ0) is 10.7. The summed E-state index contributed by atoms with van der Waals surface area (Å²) in [6.45, 7) is 6.17. The Morgan fingerprint density at radius 3 is 2.80 bits per heavy atom. The first-order valence-electron chi connectivity index (χ1n) is 5.10. The topological polar surface area (TPSA) is 15.8 Å². The fraction of sp³-hybridized carbons (Fsp3) is 0.154. The molecule has 0 amide bonds. The maximum atomic E-state index is 4.03. The molecular weight excluding hydrogens is 201 g/mol. The monoisotopic (exact) mass is 215 g/mol. The lowest BCUT2D eigenvalue weighted by Gasteiger charge is -1.94. The van der Waals surface area contributed by atoms with Crippen LogP contribution in [0.4, 0.5) is 0 Å². The summed E-state index contributed by atoms with van der Waals surface area (Å²) in [5.41, 5.74) is 2.45. The Bertz CT molecular complexity index is 540. The van der Waals surface area contributed by atoms with Crippen LogP contribution in [0.1, 0.15) is 13.3 Å². The summed E-state index contributed by atoms with van der Waals surface area (Å²) in [5.74, 6) is 4.29. The number of rotatable bonds is 2. The van der Waals surface area contributed by atoms with Crippen molar-refractivity contribution in [2.24, 2.45) is 0 Å². The maximum absolute atomic E-state index is 4.03. The number of aromatic nitrogens is 1. The van der Waals surface area contributed by atoms with Gasteiger partial charge >= 0.3 is 0 Å². The summed E-state index contributed by atoms with van der Waals surface area (Å²) in [7, 11) is 1.26. The highest BCUT2D eigenvalue weighted by molar-refractivity contribution is 7.28. The minimum absolute atomic E-state index is 0.998. The average molecular weight is 215 g/mol. The number of hydrogen-bond donors (Lipinski definition) is 1. The fourth-order valence-electron chi connectivity index (χ4n) is 1.64. The number of H-pyrrole nitrogens is 1. The summed E-state index contributed by atoms with van der Waals surface area (Å²) in [6.07, 6.45) is 3.21. The van der Waals surface area contributed by atoms with Gasteiger partial charge in [0.05, 0.1) is 0 Å². The van der Waals surface area contributed by atoms with Gasteiger partial charge in [-0.3, -0.25) is 0 Å². The molecule has 2 aromatic rings. The van der Waals surface area contributed by atoms with Gasteiger partial charge in [0.1, 0.15) is 0 Å². The van der Waals surface area contributed by atoms with Crippen LogP contribution in [0, 0.1) is 0 Å². The van der Waals surface area contributed by atoms with Crippen LogP contribution in [0.2, 0.25) is 0 Å². The van der Waals surface area contributed by atoms with E-state index < -0.39 is 0 Å². The minimum atomic E-state index is 0.998. The van der Waals surface area contributed by atoms with E-state index in [1.54, 1.807) is 0 Å². The van der Waals surface area contributed by atoms with Gasteiger partial charge in [0.25, 0.3) is 0 Å². The second-order valence-electron chi connectivity index (χ2n) is 3.47. The molecule has 0 atom stereocenters. The molecule has 0 fully saturated rings. The molecule has 76 valence electrons. The van der Waals surface area contributed by atoms with Crippen LogP contribution in [0.3, 0.4) is 0 Å². The third kappa shape index (κ3) is 2.19. The van der Waals surface area contributed by atoms with E-state index in [1.165, 1.54) is 19.3 Å². The van der Waals surface area contributed by atoms with Crippen LogP contribution in [0.5, 0.6) is 0 Å². The molecule has 1 N–H and O–H groups in total. The van der Waals surface area contributed by atoms with Gasteiger partial charge in [0, 0.05) is 16.3 Å². The Hall–Kier alpha value is -1.33. The van der Waals surface area contributed by atoms with E-state index in [1.807, 2.05) is 0 Å². The Balaban J connectivity index is 2.55. The van der Waals surface area contributed by atoms with Gasteiger partial charge < -0.3 is 4.98 Å². The first-order chi connectivity index (χ1) is 7.31. The Labute approximate surface area is 91.3 Å². The van der Waals surface area contributed by atoms with E-state index >= 15 is 0 Å². The summed E-state index contributed by atoms with van der Waals surface area (Å²) < 4.78 is 0. The highest BCUT2D eigenvalue weighted by Crippen LogP contribution is 2.16. The molecule has 15 heavy (non-hydrogen) atoms. The summed E-state index contributed by atoms with van der Waals surface area (Å²) in [5, 5.41) is 2.16. The van der Waals surface area contributed by atoms with Crippen molar-refractivity contribution >= 4 is 20.8 Å². The molecule has 0 aliphatic heterocycles. The standard InChI is InChI=1S/C13H14NP/c1-3-4-12-9-13(10(2)14-12)11-5-7-15-8-6-11/h4-9,14H,2-3H2,1H3/b12-4-. The van der Waals surface area contributed by atoms with Gasteiger partial charge in [0.2, 0.25) is 0 Å². The lowest BCUT2D eigenvalue weighted by atomic mass is 10.1. The van der Waals surface area contributed by atoms with Crippen molar-refractivity contribution < 1.29 is 0 Å². The minimum Gasteiger partial charge on any atom is -0.356 e. The molecule has 0 bridgehead atoms. The maximum Gasteiger partial charge on any atom is 0.0391 e. The normalized spacial score (nSPS) is 11.9. The van der Waals surface area contributed by atoms with E-state index in [9.17, 15) is 0 Å². The van der Waals surface area contributed by atoms with Crippen molar-refractivity contribution in [2.45, 2.75) is 13.3 Å². The van der Waals surface area contributed by atoms with E-state index in [0.717, 1.165) is 17.1 Å². The Kier molecular flexibility index (Phi) is 3.03. The molecule has 0 spiro atoms. The van der Waals surface area contributed by atoms with Crippen LogP contribution in [-0.2, 0) is 0 Å². The Morgan fingerprint density at radius 1 is 1.40 bits per heavy atom. The predicted molar refractivity (Wildman–Crippen MR) is 68.3 cm³/mol. The molecule has 0 aliphatic rings. The van der Waals surface area contributed by atoms with Crippen LogP contribution >= 0.6 is 8.19 Å². The van der Waals surface area contributed by atoms with Gasteiger partial charge in [-0.1, -0.05) is 27.8 Å². The summed E-state index contributed by atoms with van der Waals surface area (Å²) >= 11 is 0. The second-order valence-corrected chi connectivity index (χ2v) is 4.36. The highest BCUT2D eigenvalue weighted by Gasteiger charge is 1.98. The van der Waals surface area contributed by atoms with Crippen molar-refractivity contribution in [3.63, 3.8) is 0 Å². The molecular formula is C13H14NP. The quantitative estimate of drug-likeness (QED) is 0.792. The predicted octanol–water partition coefficient (Wildman–Crippen LogP) is 2.86. The zero-order valence-corrected chi connectivity index (χ0v) is 9.72. The third-order valence-electron chi connectivity index (χ3n) is 2.34. The van der Waals surface area contributed by atoms with Crippen molar-refractivity contribution in [1.29, 1.82) is 0 Å². The van der Waals surface area contributed by atoms with Gasteiger partial charge in [-0.25, -0.2) is 0 Å². The summed E-state index contributed by atoms with van der Waals surface area (Å²) in [4.78, 5) is 3.29. The van der Waals surface area contributed by atoms with Gasteiger partial charge in [0.15, 0.2) is 0 Å². The third-order valence-corrected chi connectivity index (χ3v) is 2.98.